The zero-order valence-electron chi connectivity index (χ0n) is 13.8. The van der Waals surface area contributed by atoms with Crippen molar-refractivity contribution < 1.29 is 17.9 Å². The first-order valence-electron chi connectivity index (χ1n) is 7.64. The number of alkyl halides is 3. The van der Waals surface area contributed by atoms with Crippen LogP contribution in [0.3, 0.4) is 0 Å². The molecule has 0 aliphatic carbocycles. The van der Waals surface area contributed by atoms with Crippen LogP contribution in [-0.2, 0) is 12.7 Å². The van der Waals surface area contributed by atoms with Crippen molar-refractivity contribution in [2.75, 3.05) is 18.1 Å². The average molecular weight is 363 g/mol. The van der Waals surface area contributed by atoms with Gasteiger partial charge in [-0.2, -0.15) is 18.3 Å². The highest BCUT2D eigenvalue weighted by Gasteiger charge is 2.31. The maximum Gasteiger partial charge on any atom is 0.416 e. The molecule has 0 unspecified atom stereocenters. The molecule has 0 radical (unpaired) electrons. The van der Waals surface area contributed by atoms with Crippen molar-refractivity contribution in [2.45, 2.75) is 12.7 Å². The summed E-state index contributed by atoms with van der Waals surface area (Å²) in [5.41, 5.74) is 6.59. The Bertz CT molecular complexity index is 894. The SMILES string of the molecule is CNc1cc(Oc2ccc(C(F)(F)F)cc2Cn2cncn2)ccc1N. The van der Waals surface area contributed by atoms with Crippen LogP contribution in [-0.4, -0.2) is 21.8 Å². The van der Waals surface area contributed by atoms with Crippen molar-refractivity contribution in [2.24, 2.45) is 0 Å². The van der Waals surface area contributed by atoms with Gasteiger partial charge in [0, 0.05) is 18.7 Å². The van der Waals surface area contributed by atoms with Gasteiger partial charge in [-0.05, 0) is 30.3 Å². The minimum Gasteiger partial charge on any atom is -0.457 e. The second kappa shape index (κ2) is 6.95. The first-order valence-corrected chi connectivity index (χ1v) is 7.64. The lowest BCUT2D eigenvalue weighted by molar-refractivity contribution is -0.137. The van der Waals surface area contributed by atoms with E-state index < -0.39 is 11.7 Å². The van der Waals surface area contributed by atoms with E-state index in [9.17, 15) is 13.2 Å². The third kappa shape index (κ3) is 3.88. The van der Waals surface area contributed by atoms with Crippen LogP contribution in [0, 0.1) is 0 Å². The summed E-state index contributed by atoms with van der Waals surface area (Å²) in [6.07, 6.45) is -1.71. The van der Waals surface area contributed by atoms with Gasteiger partial charge in [-0.25, -0.2) is 9.67 Å². The molecule has 136 valence electrons. The molecule has 0 saturated heterocycles. The van der Waals surface area contributed by atoms with E-state index in [4.69, 9.17) is 10.5 Å². The van der Waals surface area contributed by atoms with Gasteiger partial charge in [-0.15, -0.1) is 0 Å². The highest BCUT2D eigenvalue weighted by atomic mass is 19.4. The fourth-order valence-electron chi connectivity index (χ4n) is 2.41. The Labute approximate surface area is 147 Å². The smallest absolute Gasteiger partial charge is 0.416 e. The van der Waals surface area contributed by atoms with E-state index in [1.54, 1.807) is 25.2 Å². The van der Waals surface area contributed by atoms with Crippen LogP contribution < -0.4 is 15.8 Å². The lowest BCUT2D eigenvalue weighted by Crippen LogP contribution is -2.08. The van der Waals surface area contributed by atoms with Crippen LogP contribution in [0.5, 0.6) is 11.5 Å². The number of hydrogen-bond acceptors (Lipinski definition) is 5. The number of nitrogens with one attached hydrogen (secondary N) is 1. The molecular formula is C17H16F3N5O. The number of nitrogen functional groups attached to an aromatic ring is 1. The Morgan fingerprint density at radius 2 is 2.00 bits per heavy atom. The summed E-state index contributed by atoms with van der Waals surface area (Å²) in [5, 5.41) is 6.86. The second-order valence-corrected chi connectivity index (χ2v) is 5.51. The zero-order chi connectivity index (χ0) is 18.7. The van der Waals surface area contributed by atoms with Gasteiger partial charge < -0.3 is 15.8 Å². The van der Waals surface area contributed by atoms with Gasteiger partial charge in [0.2, 0.25) is 0 Å². The molecule has 0 atom stereocenters. The van der Waals surface area contributed by atoms with Gasteiger partial charge >= 0.3 is 6.18 Å². The number of benzene rings is 2. The van der Waals surface area contributed by atoms with Gasteiger partial charge in [0.25, 0.3) is 0 Å². The van der Waals surface area contributed by atoms with Crippen molar-refractivity contribution in [1.29, 1.82) is 0 Å². The highest BCUT2D eigenvalue weighted by Crippen LogP contribution is 2.35. The maximum absolute atomic E-state index is 13.1. The molecule has 1 aromatic heterocycles. The number of hydrogen-bond donors (Lipinski definition) is 2. The number of rotatable bonds is 5. The molecule has 0 spiro atoms. The van der Waals surface area contributed by atoms with E-state index in [0.29, 0.717) is 28.4 Å². The van der Waals surface area contributed by atoms with Gasteiger partial charge in [0.15, 0.2) is 0 Å². The van der Waals surface area contributed by atoms with Crippen LogP contribution >= 0.6 is 0 Å². The van der Waals surface area contributed by atoms with Crippen LogP contribution in [0.25, 0.3) is 0 Å². The predicted molar refractivity (Wildman–Crippen MR) is 91.0 cm³/mol. The Morgan fingerprint density at radius 1 is 1.19 bits per heavy atom. The van der Waals surface area contributed by atoms with E-state index in [1.807, 2.05) is 0 Å². The third-order valence-electron chi connectivity index (χ3n) is 3.71. The van der Waals surface area contributed by atoms with Crippen LogP contribution in [0.2, 0.25) is 0 Å². The fourth-order valence-corrected chi connectivity index (χ4v) is 2.41. The minimum atomic E-state index is -4.45. The zero-order valence-corrected chi connectivity index (χ0v) is 13.8. The minimum absolute atomic E-state index is 0.0904. The third-order valence-corrected chi connectivity index (χ3v) is 3.71. The van der Waals surface area contributed by atoms with Gasteiger partial charge in [-0.1, -0.05) is 0 Å². The molecule has 0 amide bonds. The summed E-state index contributed by atoms with van der Waals surface area (Å²) in [6, 6.07) is 8.30. The second-order valence-electron chi connectivity index (χ2n) is 5.51. The summed E-state index contributed by atoms with van der Waals surface area (Å²) < 4.78 is 46.4. The van der Waals surface area contributed by atoms with Gasteiger partial charge in [-0.3, -0.25) is 0 Å². The Hall–Kier alpha value is -3.23. The average Bonchev–Trinajstić information content (AvgIpc) is 3.10. The largest absolute Gasteiger partial charge is 0.457 e. The van der Waals surface area contributed by atoms with E-state index in [0.717, 1.165) is 12.1 Å². The summed E-state index contributed by atoms with van der Waals surface area (Å²) >= 11 is 0. The van der Waals surface area contributed by atoms with Crippen molar-refractivity contribution in [1.82, 2.24) is 14.8 Å². The maximum atomic E-state index is 13.1. The van der Waals surface area contributed by atoms with Crippen molar-refractivity contribution in [3.8, 4) is 11.5 Å². The van der Waals surface area contributed by atoms with Crippen molar-refractivity contribution in [3.63, 3.8) is 0 Å². The molecule has 6 nitrogen and oxygen atoms in total. The summed E-state index contributed by atoms with van der Waals surface area (Å²) in [6.45, 7) is 0.0904. The predicted octanol–water partition coefficient (Wildman–Crippen LogP) is 3.76. The number of anilines is 2. The molecule has 9 heteroatoms. The molecule has 2 aromatic carbocycles. The molecule has 3 rings (SSSR count). The summed E-state index contributed by atoms with van der Waals surface area (Å²) in [5.74, 6) is 0.739. The van der Waals surface area contributed by atoms with E-state index in [-0.39, 0.29) is 6.54 Å². The Morgan fingerprint density at radius 3 is 2.65 bits per heavy atom. The topological polar surface area (TPSA) is 78.0 Å². The monoisotopic (exact) mass is 363 g/mol. The first kappa shape index (κ1) is 17.6. The quantitative estimate of drug-likeness (QED) is 0.675. The Balaban J connectivity index is 1.97. The molecule has 0 aliphatic heterocycles. The van der Waals surface area contributed by atoms with Crippen LogP contribution in [0.1, 0.15) is 11.1 Å². The first-order chi connectivity index (χ1) is 12.4. The standard InChI is InChI=1S/C17H16F3N5O/c1-22-15-7-13(3-4-14(15)21)26-16-5-2-12(17(18,19)20)6-11(16)8-25-10-23-9-24-25/h2-7,9-10,22H,8,21H2,1H3. The van der Waals surface area contributed by atoms with Gasteiger partial charge in [0.1, 0.15) is 24.2 Å². The number of nitrogens with two attached hydrogens (primary N) is 1. The normalized spacial score (nSPS) is 11.4. The molecule has 0 bridgehead atoms. The number of halogens is 3. The Kier molecular flexibility index (Phi) is 4.70. The van der Waals surface area contributed by atoms with Gasteiger partial charge in [0.05, 0.1) is 23.5 Å². The number of aromatic nitrogens is 3. The number of nitrogens with zero attached hydrogens (tertiary/aromatic N) is 3. The molecule has 26 heavy (non-hydrogen) atoms. The van der Waals surface area contributed by atoms with Crippen LogP contribution in [0.4, 0.5) is 24.5 Å². The summed E-state index contributed by atoms with van der Waals surface area (Å²) in [7, 11) is 1.71. The molecule has 3 aromatic rings. The van der Waals surface area contributed by atoms with E-state index in [2.05, 4.69) is 15.4 Å². The lowest BCUT2D eigenvalue weighted by Gasteiger charge is -2.15. The molecule has 0 fully saturated rings. The van der Waals surface area contributed by atoms with E-state index in [1.165, 1.54) is 23.4 Å². The van der Waals surface area contributed by atoms with Crippen molar-refractivity contribution in [3.05, 3.63) is 60.2 Å². The molecule has 1 heterocycles. The molecule has 3 N–H and O–H groups in total. The number of ether oxygens (including phenoxy) is 1. The summed E-state index contributed by atoms with van der Waals surface area (Å²) in [4.78, 5) is 3.80. The lowest BCUT2D eigenvalue weighted by atomic mass is 10.1. The van der Waals surface area contributed by atoms with Crippen LogP contribution in [0.15, 0.2) is 49.1 Å². The molecule has 0 saturated carbocycles. The van der Waals surface area contributed by atoms with E-state index >= 15 is 0 Å². The highest BCUT2D eigenvalue weighted by molar-refractivity contribution is 5.68. The molecular weight excluding hydrogens is 347 g/mol. The van der Waals surface area contributed by atoms with Crippen molar-refractivity contribution >= 4 is 11.4 Å². The molecule has 0 aliphatic rings. The fraction of sp³-hybridized carbons (Fsp3) is 0.176.